The molecule has 1 fully saturated rings. The molecule has 1 saturated carbocycles. The lowest BCUT2D eigenvalue weighted by molar-refractivity contribution is 0.0869. The number of aromatic hydroxyl groups is 1. The Balaban J connectivity index is 1.82. The van der Waals surface area contributed by atoms with E-state index >= 15 is 0 Å². The predicted octanol–water partition coefficient (Wildman–Crippen LogP) is 5.35. The van der Waals surface area contributed by atoms with Gasteiger partial charge in [0.25, 0.3) is 0 Å². The van der Waals surface area contributed by atoms with E-state index in [1.807, 2.05) is 12.1 Å². The lowest BCUT2D eigenvalue weighted by Gasteiger charge is -2.41. The Labute approximate surface area is 138 Å². The van der Waals surface area contributed by atoms with E-state index in [0.717, 1.165) is 5.75 Å². The Morgan fingerprint density at radius 3 is 2.57 bits per heavy atom. The molecule has 1 aliphatic heterocycles. The molecule has 0 saturated heterocycles. The summed E-state index contributed by atoms with van der Waals surface area (Å²) in [6.45, 7) is 6.82. The van der Waals surface area contributed by atoms with E-state index in [9.17, 15) is 5.11 Å². The fraction of sp³-hybridized carbons (Fsp3) is 0.429. The molecule has 4 rings (SSSR count). The van der Waals surface area contributed by atoms with Gasteiger partial charge >= 0.3 is 0 Å². The molecule has 1 N–H and O–H groups in total. The van der Waals surface area contributed by atoms with Gasteiger partial charge in [-0.05, 0) is 54.9 Å². The molecule has 1 aliphatic carbocycles. The quantitative estimate of drug-likeness (QED) is 0.769. The molecular weight excluding hydrogens is 284 g/mol. The number of hydrogen-bond acceptors (Lipinski definition) is 2. The van der Waals surface area contributed by atoms with Crippen LogP contribution >= 0.6 is 0 Å². The minimum absolute atomic E-state index is 0.111. The average molecular weight is 308 g/mol. The van der Waals surface area contributed by atoms with E-state index < -0.39 is 0 Å². The number of phenolic OH excluding ortho intramolecular Hbond substituents is 1. The molecule has 0 radical (unpaired) electrons. The van der Waals surface area contributed by atoms with Crippen LogP contribution in [0.4, 0.5) is 0 Å². The summed E-state index contributed by atoms with van der Waals surface area (Å²) in [5.41, 5.74) is 3.96. The first-order valence-electron chi connectivity index (χ1n) is 8.52. The van der Waals surface area contributed by atoms with Crippen molar-refractivity contribution in [3.05, 3.63) is 59.2 Å². The van der Waals surface area contributed by atoms with Crippen LogP contribution in [-0.4, -0.2) is 5.11 Å². The number of aryl methyl sites for hydroxylation is 1. The molecule has 2 heteroatoms. The van der Waals surface area contributed by atoms with Crippen LogP contribution in [0.15, 0.2) is 42.5 Å². The fourth-order valence-electron chi connectivity index (χ4n) is 4.60. The maximum Gasteiger partial charge on any atom is 0.127 e. The second-order valence-electron chi connectivity index (χ2n) is 7.84. The van der Waals surface area contributed by atoms with Crippen molar-refractivity contribution in [3.63, 3.8) is 0 Å². The van der Waals surface area contributed by atoms with Crippen LogP contribution in [0.2, 0.25) is 0 Å². The minimum atomic E-state index is 0.111. The highest BCUT2D eigenvalue weighted by Gasteiger charge is 2.50. The second-order valence-corrected chi connectivity index (χ2v) is 7.84. The first kappa shape index (κ1) is 14.6. The van der Waals surface area contributed by atoms with Crippen molar-refractivity contribution in [2.24, 2.45) is 11.3 Å². The first-order chi connectivity index (χ1) is 11.0. The van der Waals surface area contributed by atoms with Crippen LogP contribution in [0.25, 0.3) is 0 Å². The number of fused-ring (bicyclic) bond motifs is 3. The summed E-state index contributed by atoms with van der Waals surface area (Å²) in [5, 5.41) is 9.94. The van der Waals surface area contributed by atoms with Crippen molar-refractivity contribution >= 4 is 0 Å². The Morgan fingerprint density at radius 2 is 1.83 bits per heavy atom. The van der Waals surface area contributed by atoms with Gasteiger partial charge in [0.05, 0.1) is 0 Å². The zero-order valence-corrected chi connectivity index (χ0v) is 14.0. The molecule has 0 spiro atoms. The largest absolute Gasteiger partial charge is 0.508 e. The number of phenols is 1. The van der Waals surface area contributed by atoms with Gasteiger partial charge in [-0.3, -0.25) is 0 Å². The molecule has 120 valence electrons. The van der Waals surface area contributed by atoms with E-state index in [0.29, 0.717) is 17.6 Å². The molecule has 0 amide bonds. The van der Waals surface area contributed by atoms with Gasteiger partial charge in [-0.1, -0.05) is 43.7 Å². The molecule has 1 heterocycles. The van der Waals surface area contributed by atoms with E-state index in [1.165, 1.54) is 29.5 Å². The molecule has 3 atom stereocenters. The molecule has 0 aromatic heterocycles. The summed E-state index contributed by atoms with van der Waals surface area (Å²) < 4.78 is 6.41. The number of hydrogen-bond donors (Lipinski definition) is 1. The van der Waals surface area contributed by atoms with Crippen molar-refractivity contribution < 1.29 is 9.84 Å². The van der Waals surface area contributed by atoms with E-state index in [2.05, 4.69) is 45.0 Å². The fourth-order valence-corrected chi connectivity index (χ4v) is 4.60. The Hall–Kier alpha value is -1.96. The van der Waals surface area contributed by atoms with Gasteiger partial charge in [0, 0.05) is 11.5 Å². The standard InChI is InChI=1S/C21H24O2/c1-13-4-6-14(7-5-13)20-16-10-11-21(2,3)19(16)17-12-15(22)8-9-18(17)23-20/h4-9,12,16,19-20,22H,10-11H2,1-3H3/t16-,19+,20-/m1/s1. The van der Waals surface area contributed by atoms with Crippen molar-refractivity contribution in [2.75, 3.05) is 0 Å². The van der Waals surface area contributed by atoms with Gasteiger partial charge in [-0.25, -0.2) is 0 Å². The van der Waals surface area contributed by atoms with Gasteiger partial charge in [0.1, 0.15) is 17.6 Å². The molecule has 0 bridgehead atoms. The third-order valence-electron chi connectivity index (χ3n) is 5.77. The zero-order chi connectivity index (χ0) is 16.2. The molecule has 2 nitrogen and oxygen atoms in total. The lowest BCUT2D eigenvalue weighted by atomic mass is 9.70. The van der Waals surface area contributed by atoms with Crippen LogP contribution in [0.1, 0.15) is 55.4 Å². The molecule has 2 aliphatic rings. The van der Waals surface area contributed by atoms with Gasteiger partial charge in [-0.2, -0.15) is 0 Å². The summed E-state index contributed by atoms with van der Waals surface area (Å²) in [7, 11) is 0. The molecule has 0 unspecified atom stereocenters. The summed E-state index contributed by atoms with van der Waals surface area (Å²) >= 11 is 0. The van der Waals surface area contributed by atoms with Gasteiger partial charge < -0.3 is 9.84 Å². The Morgan fingerprint density at radius 1 is 1.09 bits per heavy atom. The highest BCUT2D eigenvalue weighted by atomic mass is 16.5. The predicted molar refractivity (Wildman–Crippen MR) is 91.9 cm³/mol. The first-order valence-corrected chi connectivity index (χ1v) is 8.52. The van der Waals surface area contributed by atoms with Crippen molar-refractivity contribution in [3.8, 4) is 11.5 Å². The minimum Gasteiger partial charge on any atom is -0.508 e. The number of benzene rings is 2. The monoisotopic (exact) mass is 308 g/mol. The lowest BCUT2D eigenvalue weighted by Crippen LogP contribution is -2.31. The van der Waals surface area contributed by atoms with E-state index in [1.54, 1.807) is 6.07 Å². The summed E-state index contributed by atoms with van der Waals surface area (Å²) in [4.78, 5) is 0. The summed E-state index contributed by atoms with van der Waals surface area (Å²) in [5.74, 6) is 2.18. The molecule has 2 aromatic carbocycles. The summed E-state index contributed by atoms with van der Waals surface area (Å²) in [6.07, 6.45) is 2.48. The molecule has 2 aromatic rings. The number of rotatable bonds is 1. The van der Waals surface area contributed by atoms with Crippen LogP contribution in [0.3, 0.4) is 0 Å². The van der Waals surface area contributed by atoms with E-state index in [-0.39, 0.29) is 11.5 Å². The Bertz CT molecular complexity index is 730. The third-order valence-corrected chi connectivity index (χ3v) is 5.77. The number of ether oxygens (including phenoxy) is 1. The van der Waals surface area contributed by atoms with Gasteiger partial charge in [0.15, 0.2) is 0 Å². The van der Waals surface area contributed by atoms with Crippen LogP contribution in [0, 0.1) is 18.3 Å². The average Bonchev–Trinajstić information content (AvgIpc) is 2.84. The zero-order valence-electron chi connectivity index (χ0n) is 14.0. The normalized spacial score (nSPS) is 27.9. The maximum atomic E-state index is 9.94. The van der Waals surface area contributed by atoms with Crippen molar-refractivity contribution in [1.82, 2.24) is 0 Å². The SMILES string of the molecule is Cc1ccc([C@H]2Oc3ccc(O)cc3[C@@H]3[C@H]2CCC3(C)C)cc1. The van der Waals surface area contributed by atoms with Crippen LogP contribution in [-0.2, 0) is 0 Å². The van der Waals surface area contributed by atoms with Crippen molar-refractivity contribution in [2.45, 2.75) is 45.6 Å². The van der Waals surface area contributed by atoms with Gasteiger partial charge in [-0.15, -0.1) is 0 Å². The molecular formula is C21H24O2. The van der Waals surface area contributed by atoms with Crippen LogP contribution < -0.4 is 4.74 Å². The van der Waals surface area contributed by atoms with Gasteiger partial charge in [0.2, 0.25) is 0 Å². The smallest absolute Gasteiger partial charge is 0.127 e. The van der Waals surface area contributed by atoms with Crippen LogP contribution in [0.5, 0.6) is 11.5 Å². The Kier molecular flexibility index (Phi) is 3.19. The third kappa shape index (κ3) is 2.32. The van der Waals surface area contributed by atoms with Crippen molar-refractivity contribution in [1.29, 1.82) is 0 Å². The highest BCUT2D eigenvalue weighted by Crippen LogP contribution is 2.61. The topological polar surface area (TPSA) is 29.5 Å². The highest BCUT2D eigenvalue weighted by molar-refractivity contribution is 5.46. The second kappa shape index (κ2) is 5.02. The van der Waals surface area contributed by atoms with E-state index in [4.69, 9.17) is 4.74 Å². The molecule has 23 heavy (non-hydrogen) atoms. The summed E-state index contributed by atoms with van der Waals surface area (Å²) in [6, 6.07) is 14.3. The maximum absolute atomic E-state index is 9.94.